The third kappa shape index (κ3) is 2.81. The zero-order valence-corrected chi connectivity index (χ0v) is 10.5. The molecule has 0 saturated carbocycles. The van der Waals surface area contributed by atoms with E-state index in [-0.39, 0.29) is 6.42 Å². The molecule has 0 amide bonds. The lowest BCUT2D eigenvalue weighted by atomic mass is 10.2. The Bertz CT molecular complexity index is 361. The molecule has 1 aromatic heterocycles. The first-order valence-electron chi connectivity index (χ1n) is 5.06. The molecule has 1 heterocycles. The van der Waals surface area contributed by atoms with Crippen molar-refractivity contribution < 1.29 is 9.90 Å². The van der Waals surface area contributed by atoms with Crippen molar-refractivity contribution in [3.8, 4) is 0 Å². The molecule has 1 aromatic rings. The summed E-state index contributed by atoms with van der Waals surface area (Å²) in [7, 11) is 0. The molecular formula is C10H15BrN2O2. The lowest BCUT2D eigenvalue weighted by Crippen LogP contribution is -2.06. The van der Waals surface area contributed by atoms with Gasteiger partial charge in [0.05, 0.1) is 22.3 Å². The number of carboxylic acid groups (broad SMARTS) is 1. The van der Waals surface area contributed by atoms with Crippen molar-refractivity contribution in [1.29, 1.82) is 0 Å². The molecule has 0 bridgehead atoms. The second-order valence-electron chi connectivity index (χ2n) is 3.27. The molecule has 0 aliphatic heterocycles. The molecule has 0 fully saturated rings. The van der Waals surface area contributed by atoms with Gasteiger partial charge in [0.15, 0.2) is 0 Å². The van der Waals surface area contributed by atoms with Gasteiger partial charge in [0, 0.05) is 13.0 Å². The number of rotatable bonds is 5. The van der Waals surface area contributed by atoms with E-state index in [9.17, 15) is 4.79 Å². The van der Waals surface area contributed by atoms with Gasteiger partial charge in [-0.25, -0.2) is 0 Å². The summed E-state index contributed by atoms with van der Waals surface area (Å²) in [5, 5.41) is 13.0. The molecule has 0 aliphatic rings. The lowest BCUT2D eigenvalue weighted by molar-refractivity contribution is -0.136. The second-order valence-corrected chi connectivity index (χ2v) is 4.06. The minimum absolute atomic E-state index is 0.146. The summed E-state index contributed by atoms with van der Waals surface area (Å²) < 4.78 is 2.83. The van der Waals surface area contributed by atoms with Gasteiger partial charge in [0.2, 0.25) is 0 Å². The second kappa shape index (κ2) is 5.30. The van der Waals surface area contributed by atoms with Crippen molar-refractivity contribution in [2.75, 3.05) is 0 Å². The van der Waals surface area contributed by atoms with E-state index in [0.717, 1.165) is 28.8 Å². The van der Waals surface area contributed by atoms with Gasteiger partial charge in [-0.3, -0.25) is 9.48 Å². The summed E-state index contributed by atoms with van der Waals surface area (Å²) in [6.45, 7) is 4.81. The van der Waals surface area contributed by atoms with Gasteiger partial charge in [-0.1, -0.05) is 6.92 Å². The first-order chi connectivity index (χ1) is 7.10. The minimum Gasteiger partial charge on any atom is -0.481 e. The smallest absolute Gasteiger partial charge is 0.303 e. The highest BCUT2D eigenvalue weighted by Gasteiger charge is 2.14. The SMILES string of the molecule is CCc1nn(CC)c(CCC(=O)O)c1Br. The maximum atomic E-state index is 10.5. The van der Waals surface area contributed by atoms with Crippen LogP contribution in [0.2, 0.25) is 0 Å². The van der Waals surface area contributed by atoms with Crippen LogP contribution in [0, 0.1) is 0 Å². The molecule has 15 heavy (non-hydrogen) atoms. The van der Waals surface area contributed by atoms with Gasteiger partial charge in [0.25, 0.3) is 0 Å². The molecule has 5 heteroatoms. The monoisotopic (exact) mass is 274 g/mol. The summed E-state index contributed by atoms with van der Waals surface area (Å²) in [5.41, 5.74) is 1.98. The normalized spacial score (nSPS) is 10.6. The number of aryl methyl sites for hydroxylation is 2. The van der Waals surface area contributed by atoms with E-state index >= 15 is 0 Å². The molecule has 84 valence electrons. The number of nitrogens with zero attached hydrogens (tertiary/aromatic N) is 2. The highest BCUT2D eigenvalue weighted by Crippen LogP contribution is 2.23. The molecule has 0 aliphatic carbocycles. The highest BCUT2D eigenvalue weighted by atomic mass is 79.9. The molecule has 4 nitrogen and oxygen atoms in total. The van der Waals surface area contributed by atoms with Crippen LogP contribution in [0.4, 0.5) is 0 Å². The van der Waals surface area contributed by atoms with Crippen LogP contribution >= 0.6 is 15.9 Å². The van der Waals surface area contributed by atoms with E-state index in [4.69, 9.17) is 5.11 Å². The summed E-state index contributed by atoms with van der Waals surface area (Å²) in [5.74, 6) is -0.774. The van der Waals surface area contributed by atoms with E-state index in [1.54, 1.807) is 0 Å². The predicted octanol–water partition coefficient (Wildman–Crippen LogP) is 2.25. The van der Waals surface area contributed by atoms with Crippen LogP contribution in [-0.4, -0.2) is 20.9 Å². The number of carboxylic acids is 1. The zero-order valence-electron chi connectivity index (χ0n) is 8.96. The Morgan fingerprint density at radius 3 is 2.67 bits per heavy atom. The standard InChI is InChI=1S/C10H15BrN2O2/c1-3-7-10(11)8(5-6-9(14)15)13(4-2)12-7/h3-6H2,1-2H3,(H,14,15). The first kappa shape index (κ1) is 12.2. The largest absolute Gasteiger partial charge is 0.481 e. The van der Waals surface area contributed by atoms with Crippen molar-refractivity contribution in [1.82, 2.24) is 9.78 Å². The fourth-order valence-corrected chi connectivity index (χ4v) is 2.24. The molecule has 1 rings (SSSR count). The number of hydrogen-bond acceptors (Lipinski definition) is 2. The van der Waals surface area contributed by atoms with Crippen molar-refractivity contribution in [3.05, 3.63) is 15.9 Å². The zero-order chi connectivity index (χ0) is 11.4. The molecular weight excluding hydrogens is 260 g/mol. The average Bonchev–Trinajstić information content (AvgIpc) is 2.51. The Hall–Kier alpha value is -0.840. The van der Waals surface area contributed by atoms with Crippen LogP contribution in [0.3, 0.4) is 0 Å². The van der Waals surface area contributed by atoms with E-state index < -0.39 is 5.97 Å². The van der Waals surface area contributed by atoms with E-state index in [1.165, 1.54) is 0 Å². The molecule has 0 spiro atoms. The number of aliphatic carboxylic acids is 1. The van der Waals surface area contributed by atoms with E-state index in [0.29, 0.717) is 6.42 Å². The third-order valence-electron chi connectivity index (χ3n) is 2.27. The number of carbonyl (C=O) groups is 1. The lowest BCUT2D eigenvalue weighted by Gasteiger charge is -2.02. The van der Waals surface area contributed by atoms with Crippen LogP contribution < -0.4 is 0 Å². The van der Waals surface area contributed by atoms with Gasteiger partial charge >= 0.3 is 5.97 Å². The van der Waals surface area contributed by atoms with E-state index in [1.807, 2.05) is 18.5 Å². The third-order valence-corrected chi connectivity index (χ3v) is 3.19. The number of halogens is 1. The maximum absolute atomic E-state index is 10.5. The van der Waals surface area contributed by atoms with Crippen LogP contribution in [0.5, 0.6) is 0 Å². The maximum Gasteiger partial charge on any atom is 0.303 e. The highest BCUT2D eigenvalue weighted by molar-refractivity contribution is 9.10. The van der Waals surface area contributed by atoms with Gasteiger partial charge in [-0.2, -0.15) is 5.10 Å². The van der Waals surface area contributed by atoms with Crippen molar-refractivity contribution in [2.24, 2.45) is 0 Å². The molecule has 1 N–H and O–H groups in total. The first-order valence-corrected chi connectivity index (χ1v) is 5.85. The molecule has 0 saturated heterocycles. The van der Waals surface area contributed by atoms with Gasteiger partial charge < -0.3 is 5.11 Å². The van der Waals surface area contributed by atoms with Crippen LogP contribution in [0.1, 0.15) is 31.7 Å². The fourth-order valence-electron chi connectivity index (χ4n) is 1.48. The summed E-state index contributed by atoms with van der Waals surface area (Å²) in [4.78, 5) is 10.5. The predicted molar refractivity (Wildman–Crippen MR) is 60.9 cm³/mol. The Balaban J connectivity index is 2.92. The van der Waals surface area contributed by atoms with Crippen molar-refractivity contribution >= 4 is 21.9 Å². The molecule has 0 atom stereocenters. The quantitative estimate of drug-likeness (QED) is 0.896. The fraction of sp³-hybridized carbons (Fsp3) is 0.600. The average molecular weight is 275 g/mol. The Morgan fingerprint density at radius 2 is 2.20 bits per heavy atom. The molecule has 0 unspecified atom stereocenters. The van der Waals surface area contributed by atoms with Crippen LogP contribution in [-0.2, 0) is 24.2 Å². The van der Waals surface area contributed by atoms with Gasteiger partial charge in [-0.15, -0.1) is 0 Å². The van der Waals surface area contributed by atoms with Crippen molar-refractivity contribution in [3.63, 3.8) is 0 Å². The summed E-state index contributed by atoms with van der Waals surface area (Å²) >= 11 is 3.48. The minimum atomic E-state index is -0.774. The molecule has 0 aromatic carbocycles. The topological polar surface area (TPSA) is 55.1 Å². The summed E-state index contributed by atoms with van der Waals surface area (Å²) in [6.07, 6.45) is 1.53. The van der Waals surface area contributed by atoms with Gasteiger partial charge in [0.1, 0.15) is 0 Å². The van der Waals surface area contributed by atoms with Gasteiger partial charge in [-0.05, 0) is 29.3 Å². The van der Waals surface area contributed by atoms with E-state index in [2.05, 4.69) is 21.0 Å². The van der Waals surface area contributed by atoms with Crippen molar-refractivity contribution in [2.45, 2.75) is 39.7 Å². The summed E-state index contributed by atoms with van der Waals surface area (Å²) in [6, 6.07) is 0. The van der Waals surface area contributed by atoms with Crippen LogP contribution in [0.25, 0.3) is 0 Å². The number of hydrogen-bond donors (Lipinski definition) is 1. The Labute approximate surface area is 97.4 Å². The molecule has 0 radical (unpaired) electrons. The van der Waals surface area contributed by atoms with Crippen LogP contribution in [0.15, 0.2) is 4.47 Å². The Kier molecular flexibility index (Phi) is 4.32. The Morgan fingerprint density at radius 1 is 1.53 bits per heavy atom. The number of aromatic nitrogens is 2.